The molecular weight excluding hydrogens is 202 g/mol. The summed E-state index contributed by atoms with van der Waals surface area (Å²) in [4.78, 5) is 17.9. The van der Waals surface area contributed by atoms with Gasteiger partial charge in [-0.15, -0.1) is 0 Å². The standard InChI is InChI=1S/C5H14NO.C2H4O2.CH4N2O/c1-6(2,3)4-5-7;1-2(3)4;2-1(3)4/h7H,4-5H2,1-3H3;1H3,(H,3,4);(H4,2,3,4)/q+1;;/p-1. The van der Waals surface area contributed by atoms with Crippen molar-refractivity contribution in [1.82, 2.24) is 0 Å². The number of nitrogens with zero attached hydrogens (tertiary/aromatic N) is 1. The molecule has 0 saturated heterocycles. The average Bonchev–Trinajstić information content (AvgIpc) is 1.79. The van der Waals surface area contributed by atoms with Gasteiger partial charge in [0.2, 0.25) is 0 Å². The Balaban J connectivity index is -0.000000155. The molecule has 0 atom stereocenters. The van der Waals surface area contributed by atoms with Gasteiger partial charge in [0, 0.05) is 5.97 Å². The van der Waals surface area contributed by atoms with Gasteiger partial charge in [-0.05, 0) is 6.92 Å². The first-order valence-corrected chi connectivity index (χ1v) is 4.16. The number of urea groups is 1. The molecule has 0 fully saturated rings. The topological polar surface area (TPSA) is 129 Å². The van der Waals surface area contributed by atoms with E-state index in [1.165, 1.54) is 0 Å². The first-order chi connectivity index (χ1) is 6.52. The van der Waals surface area contributed by atoms with Crippen LogP contribution in [0.15, 0.2) is 0 Å². The minimum absolute atomic E-state index is 0.281. The minimum Gasteiger partial charge on any atom is -0.550 e. The van der Waals surface area contributed by atoms with Crippen LogP contribution in [0.4, 0.5) is 4.79 Å². The van der Waals surface area contributed by atoms with Crippen LogP contribution in [0.3, 0.4) is 0 Å². The van der Waals surface area contributed by atoms with Crippen molar-refractivity contribution in [2.75, 3.05) is 34.3 Å². The zero-order chi connectivity index (χ0) is 13.1. The fourth-order valence-electron chi connectivity index (χ4n) is 0.300. The molecule has 0 aliphatic heterocycles. The van der Waals surface area contributed by atoms with Crippen molar-refractivity contribution in [2.45, 2.75) is 6.92 Å². The summed E-state index contributed by atoms with van der Waals surface area (Å²) in [7, 11) is 6.16. The maximum atomic E-state index is 9.00. The Kier molecular flexibility index (Phi) is 13.8. The molecule has 0 bridgehead atoms. The zero-order valence-corrected chi connectivity index (χ0v) is 9.69. The SMILES string of the molecule is CC(=O)[O-].C[N+](C)(C)CCO.NC(N)=O. The van der Waals surface area contributed by atoms with E-state index in [9.17, 15) is 0 Å². The number of carboxylic acids is 1. The molecule has 0 rings (SSSR count). The number of aliphatic hydroxyl groups is 1. The molecular formula is C8H21N3O4. The smallest absolute Gasteiger partial charge is 0.309 e. The maximum Gasteiger partial charge on any atom is 0.309 e. The Morgan fingerprint density at radius 2 is 1.47 bits per heavy atom. The molecule has 92 valence electrons. The van der Waals surface area contributed by atoms with Crippen molar-refractivity contribution < 1.29 is 24.3 Å². The van der Waals surface area contributed by atoms with Gasteiger partial charge in [0.1, 0.15) is 6.54 Å². The van der Waals surface area contributed by atoms with Gasteiger partial charge in [0.05, 0.1) is 27.7 Å². The molecule has 0 unspecified atom stereocenters. The van der Waals surface area contributed by atoms with Crippen LogP contribution in [0.5, 0.6) is 0 Å². The van der Waals surface area contributed by atoms with Crippen molar-refractivity contribution in [1.29, 1.82) is 0 Å². The maximum absolute atomic E-state index is 9.00. The fraction of sp³-hybridized carbons (Fsp3) is 0.750. The number of aliphatic hydroxyl groups excluding tert-OH is 1. The molecule has 0 heterocycles. The molecule has 5 N–H and O–H groups in total. The Hall–Kier alpha value is -1.34. The Bertz CT molecular complexity index is 157. The molecule has 0 aromatic heterocycles. The minimum atomic E-state index is -1.08. The number of rotatable bonds is 2. The van der Waals surface area contributed by atoms with Crippen molar-refractivity contribution in [3.05, 3.63) is 0 Å². The van der Waals surface area contributed by atoms with E-state index >= 15 is 0 Å². The summed E-state index contributed by atoms with van der Waals surface area (Å²) in [5.41, 5.74) is 8.50. The Morgan fingerprint density at radius 1 is 1.27 bits per heavy atom. The van der Waals surface area contributed by atoms with Gasteiger partial charge < -0.3 is 31.0 Å². The summed E-state index contributed by atoms with van der Waals surface area (Å²) in [6.07, 6.45) is 0. The van der Waals surface area contributed by atoms with Gasteiger partial charge in [-0.2, -0.15) is 0 Å². The van der Waals surface area contributed by atoms with E-state index < -0.39 is 12.0 Å². The van der Waals surface area contributed by atoms with E-state index in [1.54, 1.807) is 0 Å². The highest BCUT2D eigenvalue weighted by Gasteiger charge is 2.02. The predicted molar refractivity (Wildman–Crippen MR) is 54.4 cm³/mol. The third-order valence-corrected chi connectivity index (χ3v) is 0.771. The van der Waals surface area contributed by atoms with Crippen LogP contribution in [0.2, 0.25) is 0 Å². The third kappa shape index (κ3) is 203. The first kappa shape index (κ1) is 19.3. The lowest BCUT2D eigenvalue weighted by Crippen LogP contribution is -2.36. The molecule has 0 aliphatic rings. The second kappa shape index (κ2) is 10.7. The number of primary amides is 2. The average molecular weight is 223 g/mol. The van der Waals surface area contributed by atoms with E-state index in [4.69, 9.17) is 19.8 Å². The lowest BCUT2D eigenvalue weighted by Gasteiger charge is -2.21. The quantitative estimate of drug-likeness (QED) is 0.445. The summed E-state index contributed by atoms with van der Waals surface area (Å²) < 4.78 is 0.844. The van der Waals surface area contributed by atoms with E-state index in [-0.39, 0.29) is 6.61 Å². The lowest BCUT2D eigenvalue weighted by atomic mass is 10.5. The largest absolute Gasteiger partial charge is 0.550 e. The predicted octanol–water partition coefficient (Wildman–Crippen LogP) is -2.54. The number of hydrogen-bond donors (Lipinski definition) is 3. The summed E-state index contributed by atoms with van der Waals surface area (Å²) in [6, 6.07) is -0.833. The lowest BCUT2D eigenvalue weighted by molar-refractivity contribution is -0.870. The van der Waals surface area contributed by atoms with Gasteiger partial charge in [-0.3, -0.25) is 0 Å². The first-order valence-electron chi connectivity index (χ1n) is 4.16. The van der Waals surface area contributed by atoms with E-state index in [0.29, 0.717) is 0 Å². The van der Waals surface area contributed by atoms with Crippen LogP contribution in [0.25, 0.3) is 0 Å². The summed E-state index contributed by atoms with van der Waals surface area (Å²) in [5.74, 6) is -1.08. The van der Waals surface area contributed by atoms with Gasteiger partial charge >= 0.3 is 6.03 Å². The summed E-state index contributed by atoms with van der Waals surface area (Å²) in [5, 5.41) is 17.3. The number of amides is 2. The Morgan fingerprint density at radius 3 is 1.47 bits per heavy atom. The molecule has 2 amide bonds. The number of carbonyl (C=O) groups excluding carboxylic acids is 2. The van der Waals surface area contributed by atoms with Crippen LogP contribution >= 0.6 is 0 Å². The van der Waals surface area contributed by atoms with Crippen molar-refractivity contribution in [3.8, 4) is 0 Å². The Labute approximate surface area is 89.9 Å². The molecule has 15 heavy (non-hydrogen) atoms. The highest BCUT2D eigenvalue weighted by molar-refractivity contribution is 5.69. The summed E-state index contributed by atoms with van der Waals surface area (Å²) >= 11 is 0. The molecule has 0 radical (unpaired) electrons. The van der Waals surface area contributed by atoms with Crippen LogP contribution in [0.1, 0.15) is 6.92 Å². The van der Waals surface area contributed by atoms with Crippen molar-refractivity contribution in [2.24, 2.45) is 11.5 Å². The molecule has 0 aromatic carbocycles. The summed E-state index contributed by atoms with van der Waals surface area (Å²) in [6.45, 7) is 2.09. The van der Waals surface area contributed by atoms with E-state index in [2.05, 4.69) is 32.6 Å². The second-order valence-electron chi connectivity index (χ2n) is 3.63. The van der Waals surface area contributed by atoms with Crippen LogP contribution in [-0.2, 0) is 4.79 Å². The van der Waals surface area contributed by atoms with E-state index in [0.717, 1.165) is 18.0 Å². The number of carbonyl (C=O) groups is 2. The molecule has 0 saturated carbocycles. The molecule has 0 spiro atoms. The van der Waals surface area contributed by atoms with Crippen molar-refractivity contribution in [3.63, 3.8) is 0 Å². The monoisotopic (exact) mass is 223 g/mol. The number of quaternary nitrogens is 1. The molecule has 0 aliphatic carbocycles. The van der Waals surface area contributed by atoms with Crippen molar-refractivity contribution >= 4 is 12.0 Å². The number of likely N-dealkylation sites (N-methyl/N-ethyl adjacent to an activating group) is 1. The van der Waals surface area contributed by atoms with Gasteiger partial charge in [0.15, 0.2) is 0 Å². The highest BCUT2D eigenvalue weighted by Crippen LogP contribution is 1.84. The number of hydrogen-bond acceptors (Lipinski definition) is 4. The highest BCUT2D eigenvalue weighted by atomic mass is 16.4. The normalized spacial score (nSPS) is 8.87. The van der Waals surface area contributed by atoms with E-state index in [1.807, 2.05) is 0 Å². The zero-order valence-electron chi connectivity index (χ0n) is 9.69. The van der Waals surface area contributed by atoms with Crippen LogP contribution in [0, 0.1) is 0 Å². The molecule has 7 nitrogen and oxygen atoms in total. The third-order valence-electron chi connectivity index (χ3n) is 0.771. The van der Waals surface area contributed by atoms with Crippen LogP contribution < -0.4 is 16.6 Å². The fourth-order valence-corrected chi connectivity index (χ4v) is 0.300. The molecule has 7 heteroatoms. The second-order valence-corrected chi connectivity index (χ2v) is 3.63. The van der Waals surface area contributed by atoms with Gasteiger partial charge in [0.25, 0.3) is 0 Å². The number of carboxylic acid groups (broad SMARTS) is 1. The number of aliphatic carboxylic acids is 1. The number of nitrogens with two attached hydrogens (primary N) is 2. The van der Waals surface area contributed by atoms with Gasteiger partial charge in [-0.25, -0.2) is 4.79 Å². The van der Waals surface area contributed by atoms with Gasteiger partial charge in [-0.1, -0.05) is 0 Å². The van der Waals surface area contributed by atoms with Crippen LogP contribution in [-0.4, -0.2) is 55.9 Å². The molecule has 0 aromatic rings.